The van der Waals surface area contributed by atoms with Crippen LogP contribution in [-0.2, 0) is 4.79 Å². The Balaban J connectivity index is 1.49. The van der Waals surface area contributed by atoms with E-state index in [9.17, 15) is 19.3 Å². The van der Waals surface area contributed by atoms with Crippen molar-refractivity contribution >= 4 is 34.4 Å². The fraction of sp³-hybridized carbons (Fsp3) is 0. The van der Waals surface area contributed by atoms with Crippen molar-refractivity contribution in [1.29, 1.82) is 0 Å². The fourth-order valence-electron chi connectivity index (χ4n) is 2.78. The van der Waals surface area contributed by atoms with E-state index in [1.807, 2.05) is 0 Å². The minimum Gasteiger partial charge on any atom is -0.322 e. The lowest BCUT2D eigenvalue weighted by molar-refractivity contribution is -0.384. The van der Waals surface area contributed by atoms with Crippen LogP contribution in [0, 0.1) is 15.9 Å². The minimum atomic E-state index is -0.494. The second-order valence-corrected chi connectivity index (χ2v) is 6.34. The lowest BCUT2D eigenvalue weighted by atomic mass is 10.2. The van der Waals surface area contributed by atoms with E-state index in [4.69, 9.17) is 0 Å². The van der Waals surface area contributed by atoms with Crippen LogP contribution in [0.4, 0.5) is 15.8 Å². The molecule has 0 spiro atoms. The molecule has 148 valence electrons. The summed E-state index contributed by atoms with van der Waals surface area (Å²) in [6.45, 7) is 0. The number of hydrogen-bond acceptors (Lipinski definition) is 5. The van der Waals surface area contributed by atoms with Crippen LogP contribution in [0.25, 0.3) is 22.8 Å². The highest BCUT2D eigenvalue weighted by molar-refractivity contribution is 6.02. The van der Waals surface area contributed by atoms with Crippen molar-refractivity contribution in [3.63, 3.8) is 0 Å². The van der Waals surface area contributed by atoms with Crippen molar-refractivity contribution in [2.24, 2.45) is 0 Å². The van der Waals surface area contributed by atoms with Crippen molar-refractivity contribution in [1.82, 2.24) is 15.0 Å². The number of carbonyl (C=O) groups is 1. The number of non-ortho nitro benzene ring substituents is 1. The molecule has 0 saturated carbocycles. The molecule has 9 heteroatoms. The Morgan fingerprint density at radius 1 is 1.03 bits per heavy atom. The Morgan fingerprint density at radius 2 is 1.80 bits per heavy atom. The molecule has 0 aliphatic rings. The van der Waals surface area contributed by atoms with Crippen molar-refractivity contribution in [3.05, 3.63) is 94.3 Å². The SMILES string of the molecule is O=C(C=Cc1cccc([N+](=O)[O-])c1)Nc1ccc2nn(-c3ccc(F)cc3)nc2c1. The van der Waals surface area contributed by atoms with Crippen molar-refractivity contribution < 1.29 is 14.1 Å². The molecule has 0 aliphatic heterocycles. The second kappa shape index (κ2) is 7.92. The van der Waals surface area contributed by atoms with Gasteiger partial charge in [-0.05, 0) is 54.1 Å². The molecular formula is C21H14FN5O3. The average Bonchev–Trinajstić information content (AvgIpc) is 3.16. The van der Waals surface area contributed by atoms with Crippen LogP contribution in [0.2, 0.25) is 0 Å². The maximum atomic E-state index is 13.1. The van der Waals surface area contributed by atoms with Crippen molar-refractivity contribution in [2.45, 2.75) is 0 Å². The monoisotopic (exact) mass is 403 g/mol. The van der Waals surface area contributed by atoms with Gasteiger partial charge in [0.1, 0.15) is 16.9 Å². The first-order valence-electron chi connectivity index (χ1n) is 8.84. The molecule has 1 N–H and O–H groups in total. The molecule has 8 nitrogen and oxygen atoms in total. The first kappa shape index (κ1) is 18.9. The summed E-state index contributed by atoms with van der Waals surface area (Å²) in [7, 11) is 0. The number of nitrogens with zero attached hydrogens (tertiary/aromatic N) is 4. The fourth-order valence-corrected chi connectivity index (χ4v) is 2.78. The van der Waals surface area contributed by atoms with Gasteiger partial charge >= 0.3 is 0 Å². The highest BCUT2D eigenvalue weighted by Crippen LogP contribution is 2.18. The quantitative estimate of drug-likeness (QED) is 0.307. The normalized spacial score (nSPS) is 11.1. The zero-order valence-electron chi connectivity index (χ0n) is 15.4. The molecule has 30 heavy (non-hydrogen) atoms. The molecule has 1 aromatic heterocycles. The molecule has 0 saturated heterocycles. The third-order valence-electron chi connectivity index (χ3n) is 4.21. The van der Waals surface area contributed by atoms with Gasteiger partial charge in [0.2, 0.25) is 5.91 Å². The lowest BCUT2D eigenvalue weighted by Gasteiger charge is -2.01. The van der Waals surface area contributed by atoms with Crippen LogP contribution >= 0.6 is 0 Å². The summed E-state index contributed by atoms with van der Waals surface area (Å²) in [5, 5.41) is 22.2. The maximum absolute atomic E-state index is 13.1. The third-order valence-corrected chi connectivity index (χ3v) is 4.21. The first-order valence-corrected chi connectivity index (χ1v) is 8.84. The van der Waals surface area contributed by atoms with Gasteiger partial charge in [-0.3, -0.25) is 14.9 Å². The minimum absolute atomic E-state index is 0.0488. The lowest BCUT2D eigenvalue weighted by Crippen LogP contribution is -2.07. The van der Waals surface area contributed by atoms with Gasteiger partial charge in [0.25, 0.3) is 5.69 Å². The predicted octanol–water partition coefficient (Wildman–Crippen LogP) is 4.12. The smallest absolute Gasteiger partial charge is 0.270 e. The molecule has 0 fully saturated rings. The van der Waals surface area contributed by atoms with Crippen LogP contribution in [-0.4, -0.2) is 25.8 Å². The number of hydrogen-bond donors (Lipinski definition) is 1. The van der Waals surface area contributed by atoms with Crippen LogP contribution < -0.4 is 5.32 Å². The number of carbonyl (C=O) groups excluding carboxylic acids is 1. The zero-order chi connectivity index (χ0) is 21.1. The number of nitrogens with one attached hydrogen (secondary N) is 1. The van der Waals surface area contributed by atoms with Gasteiger partial charge in [0.15, 0.2) is 0 Å². The van der Waals surface area contributed by atoms with E-state index >= 15 is 0 Å². The molecule has 4 aromatic rings. The van der Waals surface area contributed by atoms with Gasteiger partial charge in [-0.2, -0.15) is 4.80 Å². The zero-order valence-corrected chi connectivity index (χ0v) is 15.4. The molecule has 3 aromatic carbocycles. The van der Waals surface area contributed by atoms with Crippen LogP contribution in [0.1, 0.15) is 5.56 Å². The summed E-state index contributed by atoms with van der Waals surface area (Å²) in [6.07, 6.45) is 2.78. The second-order valence-electron chi connectivity index (χ2n) is 6.34. The van der Waals surface area contributed by atoms with E-state index in [1.165, 1.54) is 41.2 Å². The molecule has 1 heterocycles. The molecule has 0 atom stereocenters. The molecule has 4 rings (SSSR count). The van der Waals surface area contributed by atoms with E-state index in [1.54, 1.807) is 42.5 Å². The summed E-state index contributed by atoms with van der Waals surface area (Å²) in [5.74, 6) is -0.745. The average molecular weight is 403 g/mol. The number of nitro benzene ring substituents is 1. The van der Waals surface area contributed by atoms with E-state index in [0.29, 0.717) is 28.0 Å². The van der Waals surface area contributed by atoms with E-state index in [-0.39, 0.29) is 11.5 Å². The van der Waals surface area contributed by atoms with Gasteiger partial charge in [-0.25, -0.2) is 4.39 Å². The number of benzene rings is 3. The molecule has 0 unspecified atom stereocenters. The van der Waals surface area contributed by atoms with E-state index in [2.05, 4.69) is 15.5 Å². The van der Waals surface area contributed by atoms with Gasteiger partial charge in [0.05, 0.1) is 10.6 Å². The van der Waals surface area contributed by atoms with Crippen molar-refractivity contribution in [3.8, 4) is 5.69 Å². The van der Waals surface area contributed by atoms with Gasteiger partial charge in [0, 0.05) is 23.9 Å². The molecular weight excluding hydrogens is 389 g/mol. The number of anilines is 1. The Morgan fingerprint density at radius 3 is 2.57 bits per heavy atom. The largest absolute Gasteiger partial charge is 0.322 e. The predicted molar refractivity (Wildman–Crippen MR) is 110 cm³/mol. The van der Waals surface area contributed by atoms with E-state index in [0.717, 1.165) is 0 Å². The number of nitro groups is 1. The number of fused-ring (bicyclic) bond motifs is 1. The standard InChI is InChI=1S/C21H14FN5O3/c22-15-5-8-17(9-6-15)26-24-19-10-7-16(13-20(19)25-26)23-21(28)11-4-14-2-1-3-18(12-14)27(29)30/h1-13H,(H,23,28). The summed E-state index contributed by atoms with van der Waals surface area (Å²) in [5.41, 5.74) is 2.79. The van der Waals surface area contributed by atoms with Gasteiger partial charge in [-0.15, -0.1) is 10.2 Å². The maximum Gasteiger partial charge on any atom is 0.270 e. The molecule has 0 aliphatic carbocycles. The Labute approximate surface area is 169 Å². The first-order chi connectivity index (χ1) is 14.5. The summed E-state index contributed by atoms with van der Waals surface area (Å²) in [6, 6.07) is 16.8. The number of rotatable bonds is 5. The topological polar surface area (TPSA) is 103 Å². The number of aromatic nitrogens is 3. The van der Waals surface area contributed by atoms with Gasteiger partial charge < -0.3 is 5.32 Å². The third kappa shape index (κ3) is 4.20. The Bertz CT molecular complexity index is 1280. The summed E-state index contributed by atoms with van der Waals surface area (Å²) < 4.78 is 13.1. The summed E-state index contributed by atoms with van der Waals surface area (Å²) in [4.78, 5) is 23.9. The number of amides is 1. The molecule has 1 amide bonds. The van der Waals surface area contributed by atoms with Crippen LogP contribution in [0.3, 0.4) is 0 Å². The summed E-state index contributed by atoms with van der Waals surface area (Å²) >= 11 is 0. The van der Waals surface area contributed by atoms with Crippen LogP contribution in [0.5, 0.6) is 0 Å². The Hall–Kier alpha value is -4.40. The van der Waals surface area contributed by atoms with Crippen molar-refractivity contribution in [2.75, 3.05) is 5.32 Å². The van der Waals surface area contributed by atoms with E-state index < -0.39 is 10.8 Å². The van der Waals surface area contributed by atoms with Gasteiger partial charge in [-0.1, -0.05) is 12.1 Å². The highest BCUT2D eigenvalue weighted by atomic mass is 19.1. The molecule has 0 radical (unpaired) electrons. The highest BCUT2D eigenvalue weighted by Gasteiger charge is 2.08. The Kier molecular flexibility index (Phi) is 5.00. The number of halogens is 1. The molecule has 0 bridgehead atoms. The van der Waals surface area contributed by atoms with Crippen LogP contribution in [0.15, 0.2) is 72.8 Å².